The van der Waals surface area contributed by atoms with E-state index in [1.807, 2.05) is 0 Å². The first-order valence-corrected chi connectivity index (χ1v) is 8.37. The fourth-order valence-electron chi connectivity index (χ4n) is 2.94. The van der Waals surface area contributed by atoms with E-state index in [1.165, 1.54) is 0 Å². The van der Waals surface area contributed by atoms with Crippen molar-refractivity contribution in [1.82, 2.24) is 15.5 Å². The molecule has 0 radical (unpaired) electrons. The van der Waals surface area contributed by atoms with Gasteiger partial charge in [-0.25, -0.2) is 0 Å². The molecule has 1 amide bonds. The minimum Gasteiger partial charge on any atom is -0.368 e. The Balaban J connectivity index is 2.35. The molecule has 0 saturated carbocycles. The van der Waals surface area contributed by atoms with E-state index in [9.17, 15) is 4.79 Å². The van der Waals surface area contributed by atoms with Gasteiger partial charge in [-0.3, -0.25) is 4.79 Å². The lowest BCUT2D eigenvalue weighted by molar-refractivity contribution is -0.147. The fourth-order valence-corrected chi connectivity index (χ4v) is 2.94. The maximum atomic E-state index is 12.5. The molecule has 1 heterocycles. The molecule has 0 aromatic carbocycles. The predicted molar refractivity (Wildman–Crippen MR) is 86.5 cm³/mol. The molecule has 21 heavy (non-hydrogen) atoms. The number of carbonyl (C=O) groups excluding carboxylic acids is 1. The standard InChI is InChI=1S/C16H33N3O2/c1-5-19(6-2)13-7-8-14(3)18-15(20)16(21-4)9-11-17-12-10-16/h14,17H,5-13H2,1-4H3,(H,18,20). The highest BCUT2D eigenvalue weighted by Gasteiger charge is 2.39. The summed E-state index contributed by atoms with van der Waals surface area (Å²) in [7, 11) is 1.65. The summed E-state index contributed by atoms with van der Waals surface area (Å²) < 4.78 is 5.56. The van der Waals surface area contributed by atoms with Gasteiger partial charge in [0.25, 0.3) is 5.91 Å². The molecule has 5 nitrogen and oxygen atoms in total. The van der Waals surface area contributed by atoms with Crippen molar-refractivity contribution in [2.75, 3.05) is 39.8 Å². The quantitative estimate of drug-likeness (QED) is 0.675. The molecular weight excluding hydrogens is 266 g/mol. The van der Waals surface area contributed by atoms with E-state index in [4.69, 9.17) is 4.74 Å². The molecule has 0 bridgehead atoms. The predicted octanol–water partition coefficient (Wildman–Crippen LogP) is 1.38. The number of ether oxygens (including phenoxy) is 1. The molecule has 1 unspecified atom stereocenters. The number of nitrogens with one attached hydrogen (secondary N) is 2. The van der Waals surface area contributed by atoms with E-state index in [-0.39, 0.29) is 11.9 Å². The lowest BCUT2D eigenvalue weighted by Crippen LogP contribution is -2.55. The van der Waals surface area contributed by atoms with Crippen LogP contribution >= 0.6 is 0 Å². The van der Waals surface area contributed by atoms with Gasteiger partial charge in [-0.2, -0.15) is 0 Å². The van der Waals surface area contributed by atoms with Crippen molar-refractivity contribution in [3.05, 3.63) is 0 Å². The van der Waals surface area contributed by atoms with Crippen molar-refractivity contribution in [3.63, 3.8) is 0 Å². The summed E-state index contributed by atoms with van der Waals surface area (Å²) in [6.07, 6.45) is 3.63. The Bertz CT molecular complexity index is 300. The van der Waals surface area contributed by atoms with E-state index < -0.39 is 5.60 Å². The summed E-state index contributed by atoms with van der Waals surface area (Å²) >= 11 is 0. The second-order valence-corrected chi connectivity index (χ2v) is 5.99. The topological polar surface area (TPSA) is 53.6 Å². The third-order valence-corrected chi connectivity index (χ3v) is 4.60. The number of carbonyl (C=O) groups is 1. The van der Waals surface area contributed by atoms with Gasteiger partial charge >= 0.3 is 0 Å². The zero-order valence-electron chi connectivity index (χ0n) is 14.2. The van der Waals surface area contributed by atoms with Gasteiger partial charge in [-0.1, -0.05) is 13.8 Å². The Kier molecular flexibility index (Phi) is 8.22. The van der Waals surface area contributed by atoms with Crippen LogP contribution in [0.3, 0.4) is 0 Å². The average Bonchev–Trinajstić information content (AvgIpc) is 2.52. The van der Waals surface area contributed by atoms with Crippen molar-refractivity contribution < 1.29 is 9.53 Å². The third-order valence-electron chi connectivity index (χ3n) is 4.60. The molecule has 1 aliphatic rings. The maximum absolute atomic E-state index is 12.5. The van der Waals surface area contributed by atoms with Crippen LogP contribution in [-0.4, -0.2) is 62.3 Å². The molecule has 1 rings (SSSR count). The Labute approximate surface area is 129 Å². The molecule has 5 heteroatoms. The van der Waals surface area contributed by atoms with E-state index in [2.05, 4.69) is 36.3 Å². The van der Waals surface area contributed by atoms with Gasteiger partial charge in [0.05, 0.1) is 0 Å². The van der Waals surface area contributed by atoms with Gasteiger partial charge in [0.2, 0.25) is 0 Å². The first-order chi connectivity index (χ1) is 10.1. The van der Waals surface area contributed by atoms with Gasteiger partial charge in [-0.15, -0.1) is 0 Å². The van der Waals surface area contributed by atoms with Crippen molar-refractivity contribution in [2.45, 2.75) is 58.1 Å². The summed E-state index contributed by atoms with van der Waals surface area (Å²) in [6, 6.07) is 0.204. The van der Waals surface area contributed by atoms with Crippen molar-refractivity contribution in [1.29, 1.82) is 0 Å². The van der Waals surface area contributed by atoms with E-state index in [0.29, 0.717) is 0 Å². The number of hydrogen-bond acceptors (Lipinski definition) is 4. The molecule has 0 aromatic rings. The van der Waals surface area contributed by atoms with Gasteiger partial charge in [0.15, 0.2) is 0 Å². The molecule has 2 N–H and O–H groups in total. The lowest BCUT2D eigenvalue weighted by atomic mass is 9.90. The zero-order valence-corrected chi connectivity index (χ0v) is 14.2. The highest BCUT2D eigenvalue weighted by molar-refractivity contribution is 5.85. The molecule has 124 valence electrons. The normalized spacial score (nSPS) is 19.5. The Morgan fingerprint density at radius 2 is 1.95 bits per heavy atom. The van der Waals surface area contributed by atoms with Crippen LogP contribution in [0.1, 0.15) is 46.5 Å². The molecule has 0 aliphatic carbocycles. The molecule has 1 atom stereocenters. The first kappa shape index (κ1) is 18.4. The SMILES string of the molecule is CCN(CC)CCCC(C)NC(=O)C1(OC)CCNCC1. The number of amides is 1. The number of methoxy groups -OCH3 is 1. The molecule has 1 aliphatic heterocycles. The summed E-state index contributed by atoms with van der Waals surface area (Å²) in [4.78, 5) is 14.9. The first-order valence-electron chi connectivity index (χ1n) is 8.37. The van der Waals surface area contributed by atoms with Gasteiger partial charge < -0.3 is 20.3 Å². The Morgan fingerprint density at radius 1 is 1.33 bits per heavy atom. The highest BCUT2D eigenvalue weighted by atomic mass is 16.5. The highest BCUT2D eigenvalue weighted by Crippen LogP contribution is 2.22. The van der Waals surface area contributed by atoms with Gasteiger partial charge in [0.1, 0.15) is 5.60 Å². The lowest BCUT2D eigenvalue weighted by Gasteiger charge is -2.35. The van der Waals surface area contributed by atoms with Gasteiger partial charge in [0, 0.05) is 13.2 Å². The molecule has 1 fully saturated rings. The van der Waals surface area contributed by atoms with Crippen LogP contribution in [0.5, 0.6) is 0 Å². The molecular formula is C16H33N3O2. The third kappa shape index (κ3) is 5.57. The summed E-state index contributed by atoms with van der Waals surface area (Å²) in [5, 5.41) is 6.42. The second-order valence-electron chi connectivity index (χ2n) is 5.99. The monoisotopic (exact) mass is 299 g/mol. The van der Waals surface area contributed by atoms with Crippen LogP contribution < -0.4 is 10.6 Å². The van der Waals surface area contributed by atoms with Crippen LogP contribution in [0, 0.1) is 0 Å². The Hall–Kier alpha value is -0.650. The summed E-state index contributed by atoms with van der Waals surface area (Å²) in [5.74, 6) is 0.0573. The van der Waals surface area contributed by atoms with Crippen LogP contribution in [0.4, 0.5) is 0 Å². The van der Waals surface area contributed by atoms with Crippen LogP contribution in [0.2, 0.25) is 0 Å². The summed E-state index contributed by atoms with van der Waals surface area (Å²) in [5.41, 5.74) is -0.627. The molecule has 0 spiro atoms. The van der Waals surface area contributed by atoms with E-state index in [0.717, 1.165) is 58.4 Å². The van der Waals surface area contributed by atoms with E-state index >= 15 is 0 Å². The van der Waals surface area contributed by atoms with Crippen molar-refractivity contribution >= 4 is 5.91 Å². The molecule has 0 aromatic heterocycles. The van der Waals surface area contributed by atoms with Gasteiger partial charge in [-0.05, 0) is 65.3 Å². The van der Waals surface area contributed by atoms with E-state index in [1.54, 1.807) is 7.11 Å². The average molecular weight is 299 g/mol. The molecule has 1 saturated heterocycles. The number of rotatable bonds is 9. The second kappa shape index (κ2) is 9.38. The van der Waals surface area contributed by atoms with Crippen molar-refractivity contribution in [2.24, 2.45) is 0 Å². The number of hydrogen-bond donors (Lipinski definition) is 2. The summed E-state index contributed by atoms with van der Waals surface area (Å²) in [6.45, 7) is 11.4. The minimum absolute atomic E-state index is 0.0573. The minimum atomic E-state index is -0.627. The number of piperidine rings is 1. The van der Waals surface area contributed by atoms with Crippen LogP contribution in [0.15, 0.2) is 0 Å². The van der Waals surface area contributed by atoms with Crippen molar-refractivity contribution in [3.8, 4) is 0 Å². The number of nitrogens with zero attached hydrogens (tertiary/aromatic N) is 1. The Morgan fingerprint density at radius 3 is 2.48 bits per heavy atom. The van der Waals surface area contributed by atoms with Crippen LogP contribution in [-0.2, 0) is 9.53 Å². The smallest absolute Gasteiger partial charge is 0.252 e. The zero-order chi connectivity index (χ0) is 15.7. The largest absolute Gasteiger partial charge is 0.368 e. The fraction of sp³-hybridized carbons (Fsp3) is 0.938. The van der Waals surface area contributed by atoms with Crippen LogP contribution in [0.25, 0.3) is 0 Å². The maximum Gasteiger partial charge on any atom is 0.252 e.